The Balaban J connectivity index is 1.99. The molecule has 8 heteroatoms. The quantitative estimate of drug-likeness (QED) is 0.417. The van der Waals surface area contributed by atoms with Crippen molar-refractivity contribution in [1.29, 1.82) is 0 Å². The third kappa shape index (κ3) is 6.21. The van der Waals surface area contributed by atoms with E-state index in [4.69, 9.17) is 9.47 Å². The number of para-hydroxylation sites is 1. The highest BCUT2D eigenvalue weighted by Crippen LogP contribution is 2.31. The Kier molecular flexibility index (Phi) is 8.89. The van der Waals surface area contributed by atoms with E-state index in [0.717, 1.165) is 39.5 Å². The van der Waals surface area contributed by atoms with Crippen LogP contribution >= 0.6 is 0 Å². The van der Waals surface area contributed by atoms with E-state index in [-0.39, 0.29) is 23.7 Å². The second kappa shape index (κ2) is 11.9. The van der Waals surface area contributed by atoms with E-state index >= 15 is 0 Å². The molecule has 7 nitrogen and oxygen atoms in total. The van der Waals surface area contributed by atoms with Crippen LogP contribution in [0.5, 0.6) is 11.5 Å². The molecule has 0 heterocycles. The minimum atomic E-state index is -4.13. The summed E-state index contributed by atoms with van der Waals surface area (Å²) in [7, 11) is -1.26. The zero-order chi connectivity index (χ0) is 25.4. The summed E-state index contributed by atoms with van der Waals surface area (Å²) in [4.78, 5) is 13.2. The maximum Gasteiger partial charge on any atom is 0.247 e. The van der Waals surface area contributed by atoms with E-state index in [0.29, 0.717) is 5.75 Å². The molecule has 1 amide bonds. The molecule has 35 heavy (non-hydrogen) atoms. The highest BCUT2D eigenvalue weighted by Gasteiger charge is 2.30. The van der Waals surface area contributed by atoms with Crippen LogP contribution < -0.4 is 14.8 Å². The van der Waals surface area contributed by atoms with Gasteiger partial charge in [-0.15, -0.1) is 0 Å². The molecule has 3 aromatic rings. The second-order valence-corrected chi connectivity index (χ2v) is 9.89. The van der Waals surface area contributed by atoms with Crippen LogP contribution in [-0.2, 0) is 34.2 Å². The van der Waals surface area contributed by atoms with Gasteiger partial charge in [-0.25, -0.2) is 8.42 Å². The van der Waals surface area contributed by atoms with Gasteiger partial charge in [0.2, 0.25) is 15.9 Å². The number of hydrogen-bond acceptors (Lipinski definition) is 5. The normalized spacial score (nSPS) is 11.3. The van der Waals surface area contributed by atoms with Crippen LogP contribution in [0.1, 0.15) is 30.5 Å². The van der Waals surface area contributed by atoms with Gasteiger partial charge in [-0.05, 0) is 41.7 Å². The van der Waals surface area contributed by atoms with E-state index in [1.54, 1.807) is 6.07 Å². The van der Waals surface area contributed by atoms with E-state index in [1.165, 1.54) is 26.4 Å². The lowest BCUT2D eigenvalue weighted by molar-refractivity contribution is -0.116. The van der Waals surface area contributed by atoms with Crippen molar-refractivity contribution in [2.24, 2.45) is 0 Å². The molecule has 3 aromatic carbocycles. The molecule has 0 unspecified atom stereocenters. The number of carbonyl (C=O) groups excluding carboxylic acids is 1. The first-order chi connectivity index (χ1) is 16.8. The zero-order valence-corrected chi connectivity index (χ0v) is 21.4. The lowest BCUT2D eigenvalue weighted by Gasteiger charge is -2.24. The Hall–Kier alpha value is -3.36. The minimum Gasteiger partial charge on any atom is -0.497 e. The number of aryl methyl sites for hydroxylation is 2. The number of nitrogens with zero attached hydrogens (tertiary/aromatic N) is 1. The maximum absolute atomic E-state index is 13.8. The Morgan fingerprint density at radius 2 is 1.54 bits per heavy atom. The summed E-state index contributed by atoms with van der Waals surface area (Å²) in [5, 5.41) is 2.97. The molecule has 0 bridgehead atoms. The third-order valence-corrected chi connectivity index (χ3v) is 7.59. The van der Waals surface area contributed by atoms with E-state index < -0.39 is 15.9 Å². The number of amides is 1. The van der Waals surface area contributed by atoms with Crippen molar-refractivity contribution < 1.29 is 22.7 Å². The van der Waals surface area contributed by atoms with Gasteiger partial charge < -0.3 is 14.8 Å². The summed E-state index contributed by atoms with van der Waals surface area (Å²) in [6.07, 6.45) is 1.49. The Morgan fingerprint density at radius 3 is 2.11 bits per heavy atom. The van der Waals surface area contributed by atoms with Crippen LogP contribution in [0.2, 0.25) is 0 Å². The van der Waals surface area contributed by atoms with Gasteiger partial charge >= 0.3 is 0 Å². The molecule has 0 atom stereocenters. The molecule has 0 fully saturated rings. The van der Waals surface area contributed by atoms with Crippen LogP contribution in [-0.4, -0.2) is 39.4 Å². The third-order valence-electron chi connectivity index (χ3n) is 5.77. The lowest BCUT2D eigenvalue weighted by atomic mass is 10.0. The van der Waals surface area contributed by atoms with Crippen LogP contribution in [0.25, 0.3) is 0 Å². The molecular weight excluding hydrogens is 464 g/mol. The highest BCUT2D eigenvalue weighted by atomic mass is 32.2. The van der Waals surface area contributed by atoms with Crippen LogP contribution in [0.3, 0.4) is 0 Å². The summed E-state index contributed by atoms with van der Waals surface area (Å²) in [6, 6.07) is 19.6. The van der Waals surface area contributed by atoms with Crippen molar-refractivity contribution in [1.82, 2.24) is 4.31 Å². The monoisotopic (exact) mass is 496 g/mol. The van der Waals surface area contributed by atoms with Gasteiger partial charge in [0.1, 0.15) is 16.4 Å². The summed E-state index contributed by atoms with van der Waals surface area (Å²) in [5.74, 6) is 0.133. The first-order valence-corrected chi connectivity index (χ1v) is 12.9. The number of nitrogens with one attached hydrogen (secondary N) is 1. The number of hydrogen-bond donors (Lipinski definition) is 1. The van der Waals surface area contributed by atoms with Gasteiger partial charge in [0.15, 0.2) is 0 Å². The number of benzene rings is 3. The summed E-state index contributed by atoms with van der Waals surface area (Å²) < 4.78 is 39.4. The van der Waals surface area contributed by atoms with Crippen LogP contribution in [0.4, 0.5) is 5.69 Å². The standard InChI is InChI=1S/C27H32N2O5S/c1-5-21-13-10-14-22(6-2)27(21)28-26(30)19-29(18-20-11-8-7-9-12-20)35(31,32)25-17-23(33-3)15-16-24(25)34-4/h7-17H,5-6,18-19H2,1-4H3,(H,28,30). The molecule has 1 N–H and O–H groups in total. The fourth-order valence-electron chi connectivity index (χ4n) is 3.88. The predicted octanol–water partition coefficient (Wildman–Crippen LogP) is 4.66. The van der Waals surface area contributed by atoms with Crippen molar-refractivity contribution >= 4 is 21.6 Å². The molecule has 3 rings (SSSR count). The summed E-state index contributed by atoms with van der Waals surface area (Å²) >= 11 is 0. The Labute approximate surface area is 207 Å². The second-order valence-electron chi connectivity index (χ2n) is 7.98. The van der Waals surface area contributed by atoms with Crippen molar-refractivity contribution in [2.45, 2.75) is 38.1 Å². The highest BCUT2D eigenvalue weighted by molar-refractivity contribution is 7.89. The van der Waals surface area contributed by atoms with Gasteiger partial charge in [0.05, 0.1) is 20.8 Å². The molecular formula is C27H32N2O5S. The van der Waals surface area contributed by atoms with E-state index in [1.807, 2.05) is 62.4 Å². The van der Waals surface area contributed by atoms with Crippen molar-refractivity contribution in [3.63, 3.8) is 0 Å². The van der Waals surface area contributed by atoms with Crippen molar-refractivity contribution in [3.05, 3.63) is 83.4 Å². The molecule has 0 aliphatic rings. The molecule has 0 spiro atoms. The van der Waals surface area contributed by atoms with E-state index in [2.05, 4.69) is 5.32 Å². The van der Waals surface area contributed by atoms with Crippen molar-refractivity contribution in [2.75, 3.05) is 26.1 Å². The number of anilines is 1. The smallest absolute Gasteiger partial charge is 0.247 e. The molecule has 0 aromatic heterocycles. The number of sulfonamides is 1. The first kappa shape index (κ1) is 26.2. The van der Waals surface area contributed by atoms with Crippen LogP contribution in [0.15, 0.2) is 71.6 Å². The first-order valence-electron chi connectivity index (χ1n) is 11.5. The predicted molar refractivity (Wildman–Crippen MR) is 137 cm³/mol. The Morgan fingerprint density at radius 1 is 0.886 bits per heavy atom. The average Bonchev–Trinajstić information content (AvgIpc) is 2.88. The molecule has 0 saturated carbocycles. The topological polar surface area (TPSA) is 84.9 Å². The fraction of sp³-hybridized carbons (Fsp3) is 0.296. The molecule has 0 radical (unpaired) electrons. The van der Waals surface area contributed by atoms with Crippen LogP contribution in [0, 0.1) is 0 Å². The molecule has 0 aliphatic carbocycles. The van der Waals surface area contributed by atoms with E-state index in [9.17, 15) is 13.2 Å². The molecule has 186 valence electrons. The largest absolute Gasteiger partial charge is 0.497 e. The molecule has 0 aliphatic heterocycles. The SMILES string of the molecule is CCc1cccc(CC)c1NC(=O)CN(Cc1ccccc1)S(=O)(=O)c1cc(OC)ccc1OC. The Bertz CT molecular complexity index is 1240. The maximum atomic E-state index is 13.8. The fourth-order valence-corrected chi connectivity index (χ4v) is 5.43. The summed E-state index contributed by atoms with van der Waals surface area (Å²) in [6.45, 7) is 3.70. The van der Waals surface area contributed by atoms with Gasteiger partial charge in [0, 0.05) is 18.3 Å². The number of methoxy groups -OCH3 is 2. The minimum absolute atomic E-state index is 0.0209. The van der Waals surface area contributed by atoms with Gasteiger partial charge in [-0.3, -0.25) is 4.79 Å². The zero-order valence-electron chi connectivity index (χ0n) is 20.6. The molecule has 0 saturated heterocycles. The average molecular weight is 497 g/mol. The van der Waals surface area contributed by atoms with Crippen molar-refractivity contribution in [3.8, 4) is 11.5 Å². The van der Waals surface area contributed by atoms with Gasteiger partial charge in [-0.1, -0.05) is 62.4 Å². The number of rotatable bonds is 11. The van der Waals surface area contributed by atoms with Gasteiger partial charge in [-0.2, -0.15) is 4.31 Å². The number of carbonyl (C=O) groups is 1. The summed E-state index contributed by atoms with van der Waals surface area (Å²) in [5.41, 5.74) is 3.52. The van der Waals surface area contributed by atoms with Gasteiger partial charge in [0.25, 0.3) is 0 Å². The number of ether oxygens (including phenoxy) is 2. The lowest BCUT2D eigenvalue weighted by Crippen LogP contribution is -2.38.